The summed E-state index contributed by atoms with van der Waals surface area (Å²) in [7, 11) is -1.13. The van der Waals surface area contributed by atoms with Crippen molar-refractivity contribution in [1.82, 2.24) is 0 Å². The molecular weight excluding hydrogens is 172 g/mol. The van der Waals surface area contributed by atoms with Gasteiger partial charge in [-0.25, -0.2) is 0 Å². The van der Waals surface area contributed by atoms with Crippen LogP contribution >= 0.6 is 0 Å². The zero-order valence-electron chi connectivity index (χ0n) is 8.96. The normalized spacial score (nSPS) is 35.4. The lowest BCUT2D eigenvalue weighted by Crippen LogP contribution is -2.31. The van der Waals surface area contributed by atoms with Crippen molar-refractivity contribution in [3.05, 3.63) is 35.1 Å². The van der Waals surface area contributed by atoms with Gasteiger partial charge in [-0.05, 0) is 19.4 Å². The minimum absolute atomic E-state index is 0.728. The number of fused-ring (bicyclic) bond motifs is 1. The van der Waals surface area contributed by atoms with Crippen molar-refractivity contribution in [1.29, 1.82) is 0 Å². The highest BCUT2D eigenvalue weighted by atomic mass is 28.3. The summed E-state index contributed by atoms with van der Waals surface area (Å²) in [5, 5.41) is 1.72. The standard InChI is InChI=1S/C12H18Si/c1-9-10(2)13(3,4)12-8-6-5-7-11(9)12/h5-8,11-12H,1-4H3. The van der Waals surface area contributed by atoms with Gasteiger partial charge in [0.2, 0.25) is 0 Å². The summed E-state index contributed by atoms with van der Waals surface area (Å²) >= 11 is 0. The lowest BCUT2D eigenvalue weighted by atomic mass is 9.93. The molecule has 0 N–H and O–H groups in total. The molecule has 2 aliphatic rings. The number of allylic oxidation sites excluding steroid dienone is 6. The van der Waals surface area contributed by atoms with Crippen molar-refractivity contribution >= 4 is 8.07 Å². The molecule has 13 heavy (non-hydrogen) atoms. The fourth-order valence-electron chi connectivity index (χ4n) is 2.72. The molecule has 1 heteroatoms. The molecule has 1 aliphatic heterocycles. The maximum absolute atomic E-state index is 2.50. The van der Waals surface area contributed by atoms with E-state index in [1.54, 1.807) is 10.8 Å². The third-order valence-corrected chi connectivity index (χ3v) is 8.57. The third kappa shape index (κ3) is 1.10. The zero-order chi connectivity index (χ0) is 9.64. The number of rotatable bonds is 0. The quantitative estimate of drug-likeness (QED) is 0.511. The second-order valence-electron chi connectivity index (χ2n) is 4.85. The van der Waals surface area contributed by atoms with E-state index in [2.05, 4.69) is 51.2 Å². The SMILES string of the molecule is CC1=C(C)[Si](C)(C)C2C=CC=CC12. The first-order valence-electron chi connectivity index (χ1n) is 5.08. The molecule has 0 aromatic heterocycles. The Hall–Kier alpha value is -0.563. The van der Waals surface area contributed by atoms with Gasteiger partial charge in [-0.2, -0.15) is 0 Å². The van der Waals surface area contributed by atoms with E-state index in [-0.39, 0.29) is 0 Å². The molecule has 2 rings (SSSR count). The highest BCUT2D eigenvalue weighted by Crippen LogP contribution is 2.49. The lowest BCUT2D eigenvalue weighted by Gasteiger charge is -2.28. The topological polar surface area (TPSA) is 0 Å². The Labute approximate surface area is 82.1 Å². The first-order chi connectivity index (χ1) is 6.05. The zero-order valence-corrected chi connectivity index (χ0v) is 9.96. The van der Waals surface area contributed by atoms with Crippen LogP contribution in [0.25, 0.3) is 0 Å². The molecular formula is C12H18Si. The van der Waals surface area contributed by atoms with E-state index in [0.717, 1.165) is 11.5 Å². The van der Waals surface area contributed by atoms with Gasteiger partial charge in [0.05, 0.1) is 8.07 Å². The summed E-state index contributed by atoms with van der Waals surface area (Å²) in [6.45, 7) is 9.67. The Bertz CT molecular complexity index is 318. The lowest BCUT2D eigenvalue weighted by molar-refractivity contribution is 0.768. The highest BCUT2D eigenvalue weighted by molar-refractivity contribution is 6.87. The molecule has 0 saturated heterocycles. The predicted molar refractivity (Wildman–Crippen MR) is 61.4 cm³/mol. The van der Waals surface area contributed by atoms with Gasteiger partial charge in [0.25, 0.3) is 0 Å². The van der Waals surface area contributed by atoms with E-state index in [1.165, 1.54) is 0 Å². The van der Waals surface area contributed by atoms with Crippen LogP contribution in [0.3, 0.4) is 0 Å². The van der Waals surface area contributed by atoms with Crippen LogP contribution in [0.2, 0.25) is 18.6 Å². The van der Waals surface area contributed by atoms with Gasteiger partial charge < -0.3 is 0 Å². The molecule has 0 aromatic rings. The summed E-state index contributed by atoms with van der Waals surface area (Å²) in [4.78, 5) is 0. The van der Waals surface area contributed by atoms with Gasteiger partial charge in [0, 0.05) is 5.92 Å². The van der Waals surface area contributed by atoms with Crippen LogP contribution in [0.1, 0.15) is 13.8 Å². The molecule has 0 fully saturated rings. The van der Waals surface area contributed by atoms with E-state index in [9.17, 15) is 0 Å². The van der Waals surface area contributed by atoms with Crippen LogP contribution in [-0.2, 0) is 0 Å². The van der Waals surface area contributed by atoms with Crippen LogP contribution in [-0.4, -0.2) is 8.07 Å². The average molecular weight is 190 g/mol. The minimum atomic E-state index is -1.13. The molecule has 0 radical (unpaired) electrons. The van der Waals surface area contributed by atoms with Crippen LogP contribution < -0.4 is 0 Å². The second-order valence-corrected chi connectivity index (χ2v) is 9.71. The molecule has 2 atom stereocenters. The Morgan fingerprint density at radius 3 is 2.31 bits per heavy atom. The minimum Gasteiger partial charge on any atom is -0.0837 e. The molecule has 70 valence electrons. The van der Waals surface area contributed by atoms with Crippen molar-refractivity contribution in [2.45, 2.75) is 32.5 Å². The van der Waals surface area contributed by atoms with E-state index in [0.29, 0.717) is 0 Å². The van der Waals surface area contributed by atoms with Crippen LogP contribution in [0.5, 0.6) is 0 Å². The van der Waals surface area contributed by atoms with Crippen molar-refractivity contribution in [2.24, 2.45) is 5.92 Å². The molecule has 0 amide bonds. The Morgan fingerprint density at radius 2 is 1.69 bits per heavy atom. The van der Waals surface area contributed by atoms with Gasteiger partial charge in [-0.15, -0.1) is 0 Å². The molecule has 0 nitrogen and oxygen atoms in total. The van der Waals surface area contributed by atoms with Gasteiger partial charge >= 0.3 is 0 Å². The Kier molecular flexibility index (Phi) is 1.88. The average Bonchev–Trinajstić information content (AvgIpc) is 2.30. The van der Waals surface area contributed by atoms with Crippen molar-refractivity contribution in [3.8, 4) is 0 Å². The van der Waals surface area contributed by atoms with E-state index in [4.69, 9.17) is 0 Å². The van der Waals surface area contributed by atoms with Crippen molar-refractivity contribution in [2.75, 3.05) is 0 Å². The van der Waals surface area contributed by atoms with Crippen LogP contribution in [0.4, 0.5) is 0 Å². The van der Waals surface area contributed by atoms with Gasteiger partial charge in [-0.3, -0.25) is 0 Å². The smallest absolute Gasteiger partial charge is 0.0827 e. The fraction of sp³-hybridized carbons (Fsp3) is 0.500. The molecule has 1 aliphatic carbocycles. The summed E-state index contributed by atoms with van der Waals surface area (Å²) < 4.78 is 0. The molecule has 2 unspecified atom stereocenters. The Morgan fingerprint density at radius 1 is 1.08 bits per heavy atom. The molecule has 0 spiro atoms. The Balaban J connectivity index is 2.48. The van der Waals surface area contributed by atoms with Crippen molar-refractivity contribution < 1.29 is 0 Å². The maximum Gasteiger partial charge on any atom is 0.0827 e. The monoisotopic (exact) mass is 190 g/mol. The van der Waals surface area contributed by atoms with Gasteiger partial charge in [-0.1, -0.05) is 48.2 Å². The van der Waals surface area contributed by atoms with Gasteiger partial charge in [0.1, 0.15) is 0 Å². The molecule has 1 heterocycles. The summed E-state index contributed by atoms with van der Waals surface area (Å²) in [6.07, 6.45) is 9.23. The molecule has 0 aromatic carbocycles. The number of hydrogen-bond acceptors (Lipinski definition) is 0. The van der Waals surface area contributed by atoms with E-state index >= 15 is 0 Å². The van der Waals surface area contributed by atoms with E-state index < -0.39 is 8.07 Å². The molecule has 0 saturated carbocycles. The van der Waals surface area contributed by atoms with Crippen LogP contribution in [0.15, 0.2) is 35.1 Å². The summed E-state index contributed by atoms with van der Waals surface area (Å²) in [6, 6.07) is 0. The van der Waals surface area contributed by atoms with Gasteiger partial charge in [0.15, 0.2) is 0 Å². The fourth-order valence-corrected chi connectivity index (χ4v) is 6.25. The summed E-state index contributed by atoms with van der Waals surface area (Å²) in [5.41, 5.74) is 2.47. The first-order valence-corrected chi connectivity index (χ1v) is 8.15. The maximum atomic E-state index is 2.50. The first kappa shape index (κ1) is 9.01. The highest BCUT2D eigenvalue weighted by Gasteiger charge is 2.44. The summed E-state index contributed by atoms with van der Waals surface area (Å²) in [5.74, 6) is 0.728. The number of hydrogen-bond donors (Lipinski definition) is 0. The second kappa shape index (κ2) is 2.71. The van der Waals surface area contributed by atoms with Crippen molar-refractivity contribution in [3.63, 3.8) is 0 Å². The van der Waals surface area contributed by atoms with E-state index in [1.807, 2.05) is 0 Å². The van der Waals surface area contributed by atoms with Crippen LogP contribution in [0, 0.1) is 5.92 Å². The molecule has 0 bridgehead atoms. The third-order valence-electron chi connectivity index (χ3n) is 4.03. The predicted octanol–water partition coefficient (Wildman–Crippen LogP) is 3.70. The largest absolute Gasteiger partial charge is 0.0837 e.